The second kappa shape index (κ2) is 7.30. The normalized spacial score (nSPS) is 16.5. The fourth-order valence-corrected chi connectivity index (χ4v) is 3.40. The molecule has 1 aliphatic heterocycles. The van der Waals surface area contributed by atoms with Crippen LogP contribution in [-0.2, 0) is 4.74 Å². The largest absolute Gasteiger partial charge is 0.379 e. The minimum Gasteiger partial charge on any atom is -0.379 e. The number of thioether (sulfide) groups is 1. The van der Waals surface area contributed by atoms with Crippen LogP contribution >= 0.6 is 11.8 Å². The number of hydrogen-bond acceptors (Lipinski definition) is 5. The number of fused-ring (bicyclic) bond motifs is 1. The number of hydrogen-bond donors (Lipinski definition) is 0. The molecule has 118 valence electrons. The lowest BCUT2D eigenvalue weighted by atomic mass is 10.2. The highest BCUT2D eigenvalue weighted by atomic mass is 32.2. The summed E-state index contributed by atoms with van der Waals surface area (Å²) in [7, 11) is 0. The Hall–Kier alpha value is -1.31. The van der Waals surface area contributed by atoms with Gasteiger partial charge in [0.05, 0.1) is 18.7 Å². The number of benzene rings is 1. The summed E-state index contributed by atoms with van der Waals surface area (Å²) in [6.07, 6.45) is -2.65. The van der Waals surface area contributed by atoms with Gasteiger partial charge in [0, 0.05) is 30.8 Å². The van der Waals surface area contributed by atoms with Crippen molar-refractivity contribution in [2.24, 2.45) is 0 Å². The highest BCUT2D eigenvalue weighted by Crippen LogP contribution is 2.27. The summed E-state index contributed by atoms with van der Waals surface area (Å²) in [5.41, 5.74) is 0.571. The Kier molecular flexibility index (Phi) is 5.17. The van der Waals surface area contributed by atoms with Crippen molar-refractivity contribution in [2.45, 2.75) is 11.5 Å². The molecule has 1 aliphatic rings. The van der Waals surface area contributed by atoms with E-state index in [2.05, 4.69) is 14.9 Å². The van der Waals surface area contributed by atoms with Crippen LogP contribution in [0.5, 0.6) is 0 Å². The lowest BCUT2D eigenvalue weighted by Gasteiger charge is -2.26. The van der Waals surface area contributed by atoms with Crippen LogP contribution in [0.15, 0.2) is 29.3 Å². The van der Waals surface area contributed by atoms with Gasteiger partial charge in [0.2, 0.25) is 0 Å². The minimum atomic E-state index is -2.65. The van der Waals surface area contributed by atoms with Gasteiger partial charge in [-0.1, -0.05) is 18.2 Å². The third-order valence-corrected chi connectivity index (χ3v) is 4.50. The third-order valence-electron chi connectivity index (χ3n) is 3.53. The van der Waals surface area contributed by atoms with Crippen LogP contribution in [-0.4, -0.2) is 53.5 Å². The predicted molar refractivity (Wildman–Crippen MR) is 82.5 cm³/mol. The van der Waals surface area contributed by atoms with Crippen molar-refractivity contribution in [1.29, 1.82) is 0 Å². The monoisotopic (exact) mass is 325 g/mol. The topological polar surface area (TPSA) is 38.2 Å². The van der Waals surface area contributed by atoms with Crippen molar-refractivity contribution in [3.05, 3.63) is 30.1 Å². The maximum atomic E-state index is 12.9. The van der Waals surface area contributed by atoms with E-state index in [1.165, 1.54) is 11.8 Å². The van der Waals surface area contributed by atoms with Crippen LogP contribution in [0, 0.1) is 0 Å². The van der Waals surface area contributed by atoms with Gasteiger partial charge in [0.25, 0.3) is 6.43 Å². The van der Waals surface area contributed by atoms with E-state index in [1.54, 1.807) is 12.1 Å². The van der Waals surface area contributed by atoms with Crippen molar-refractivity contribution in [1.82, 2.24) is 14.9 Å². The molecule has 0 saturated carbocycles. The van der Waals surface area contributed by atoms with E-state index in [4.69, 9.17) is 4.74 Å². The molecule has 0 atom stereocenters. The first-order valence-electron chi connectivity index (χ1n) is 7.22. The predicted octanol–water partition coefficient (Wildman–Crippen LogP) is 2.99. The first-order chi connectivity index (χ1) is 10.7. The molecule has 0 unspecified atom stereocenters. The molecular weight excluding hydrogens is 308 g/mol. The van der Waals surface area contributed by atoms with Crippen molar-refractivity contribution in [3.63, 3.8) is 0 Å². The molecule has 0 radical (unpaired) electrons. The lowest BCUT2D eigenvalue weighted by Crippen LogP contribution is -2.37. The van der Waals surface area contributed by atoms with Crippen LogP contribution in [0.4, 0.5) is 8.78 Å². The van der Waals surface area contributed by atoms with Gasteiger partial charge in [0.1, 0.15) is 5.03 Å². The minimum absolute atomic E-state index is 0.396. The maximum Gasteiger partial charge on any atom is 0.297 e. The third kappa shape index (κ3) is 3.71. The van der Waals surface area contributed by atoms with Crippen LogP contribution in [0.1, 0.15) is 12.2 Å². The lowest BCUT2D eigenvalue weighted by molar-refractivity contribution is 0.0410. The molecule has 7 heteroatoms. The molecule has 1 fully saturated rings. The highest BCUT2D eigenvalue weighted by Gasteiger charge is 2.16. The zero-order chi connectivity index (χ0) is 15.4. The number of nitrogens with zero attached hydrogens (tertiary/aromatic N) is 3. The Morgan fingerprint density at radius 3 is 2.73 bits per heavy atom. The number of alkyl halides is 2. The van der Waals surface area contributed by atoms with E-state index in [9.17, 15) is 8.78 Å². The average Bonchev–Trinajstić information content (AvgIpc) is 2.55. The van der Waals surface area contributed by atoms with Crippen LogP contribution in [0.25, 0.3) is 10.9 Å². The van der Waals surface area contributed by atoms with E-state index in [0.29, 0.717) is 10.5 Å². The highest BCUT2D eigenvalue weighted by molar-refractivity contribution is 7.99. The zero-order valence-electron chi connectivity index (χ0n) is 12.0. The van der Waals surface area contributed by atoms with Crippen LogP contribution < -0.4 is 0 Å². The molecule has 2 heterocycles. The van der Waals surface area contributed by atoms with Crippen molar-refractivity contribution >= 4 is 22.7 Å². The van der Waals surface area contributed by atoms with E-state index in [-0.39, 0.29) is 0 Å². The molecular formula is C15H17F2N3OS. The maximum absolute atomic E-state index is 12.9. The number of morpholine rings is 1. The van der Waals surface area contributed by atoms with Crippen LogP contribution in [0.2, 0.25) is 0 Å². The molecule has 1 saturated heterocycles. The summed E-state index contributed by atoms with van der Waals surface area (Å²) in [5, 5.41) is 1.47. The Balaban J connectivity index is 1.73. The average molecular weight is 325 g/mol. The second-order valence-electron chi connectivity index (χ2n) is 5.01. The van der Waals surface area contributed by atoms with Crippen molar-refractivity contribution in [2.75, 3.05) is 38.6 Å². The number of ether oxygens (including phenoxy) is 1. The summed E-state index contributed by atoms with van der Waals surface area (Å²) in [6, 6.07) is 7.29. The smallest absolute Gasteiger partial charge is 0.297 e. The number of aromatic nitrogens is 2. The van der Waals surface area contributed by atoms with Gasteiger partial charge >= 0.3 is 0 Å². The Bertz CT molecular complexity index is 635. The number of halogens is 2. The number of rotatable bonds is 5. The Morgan fingerprint density at radius 2 is 1.95 bits per heavy atom. The summed E-state index contributed by atoms with van der Waals surface area (Å²) in [6.45, 7) is 4.27. The second-order valence-corrected chi connectivity index (χ2v) is 6.09. The van der Waals surface area contributed by atoms with E-state index < -0.39 is 12.2 Å². The summed E-state index contributed by atoms with van der Waals surface area (Å²) < 4.78 is 31.2. The molecule has 4 nitrogen and oxygen atoms in total. The molecule has 3 rings (SSSR count). The fourth-order valence-electron chi connectivity index (χ4n) is 2.37. The van der Waals surface area contributed by atoms with Crippen molar-refractivity contribution in [3.8, 4) is 0 Å². The SMILES string of the molecule is FC(F)c1nc(SCCN2CCOCC2)c2ccccc2n1. The summed E-state index contributed by atoms with van der Waals surface area (Å²) >= 11 is 1.51. The van der Waals surface area contributed by atoms with Gasteiger partial charge < -0.3 is 4.74 Å². The van der Waals surface area contributed by atoms with Crippen molar-refractivity contribution < 1.29 is 13.5 Å². The van der Waals surface area contributed by atoms with Gasteiger partial charge in [-0.05, 0) is 6.07 Å². The van der Waals surface area contributed by atoms with E-state index >= 15 is 0 Å². The molecule has 0 amide bonds. The molecule has 0 spiro atoms. The Labute approximate surface area is 131 Å². The quantitative estimate of drug-likeness (QED) is 0.624. The summed E-state index contributed by atoms with van der Waals surface area (Å²) in [4.78, 5) is 10.3. The fraction of sp³-hybridized carbons (Fsp3) is 0.467. The van der Waals surface area contributed by atoms with Gasteiger partial charge in [0.15, 0.2) is 5.82 Å². The molecule has 1 aromatic carbocycles. The van der Waals surface area contributed by atoms with E-state index in [0.717, 1.165) is 44.0 Å². The van der Waals surface area contributed by atoms with Crippen LogP contribution in [0.3, 0.4) is 0 Å². The molecule has 2 aromatic rings. The van der Waals surface area contributed by atoms with Gasteiger partial charge in [-0.15, -0.1) is 11.8 Å². The van der Waals surface area contributed by atoms with Gasteiger partial charge in [-0.2, -0.15) is 0 Å². The standard InChI is InChI=1S/C15H17F2N3OS/c16-13(17)14-18-12-4-2-1-3-11(12)15(19-14)22-10-7-20-5-8-21-9-6-20/h1-4,13H,5-10H2. The molecule has 22 heavy (non-hydrogen) atoms. The van der Waals surface area contributed by atoms with Gasteiger partial charge in [-0.3, -0.25) is 4.90 Å². The Morgan fingerprint density at radius 1 is 1.18 bits per heavy atom. The summed E-state index contributed by atoms with van der Waals surface area (Å²) in [5.74, 6) is 0.413. The number of para-hydroxylation sites is 1. The van der Waals surface area contributed by atoms with E-state index in [1.807, 2.05) is 12.1 Å². The molecule has 0 N–H and O–H groups in total. The van der Waals surface area contributed by atoms with Gasteiger partial charge in [-0.25, -0.2) is 18.7 Å². The first kappa shape index (κ1) is 15.6. The molecule has 1 aromatic heterocycles. The zero-order valence-corrected chi connectivity index (χ0v) is 12.9. The first-order valence-corrected chi connectivity index (χ1v) is 8.20. The molecule has 0 aliphatic carbocycles. The molecule has 0 bridgehead atoms.